The lowest BCUT2D eigenvalue weighted by Crippen LogP contribution is -2.23. The van der Waals surface area contributed by atoms with Gasteiger partial charge in [0.25, 0.3) is 0 Å². The van der Waals surface area contributed by atoms with Crippen LogP contribution >= 0.6 is 11.6 Å². The van der Waals surface area contributed by atoms with Crippen molar-refractivity contribution in [3.63, 3.8) is 0 Å². The molecule has 2 atom stereocenters. The van der Waals surface area contributed by atoms with Gasteiger partial charge in [-0.2, -0.15) is 0 Å². The number of aryl methyl sites for hydroxylation is 1. The van der Waals surface area contributed by atoms with Gasteiger partial charge in [0.05, 0.1) is 5.92 Å². The Morgan fingerprint density at radius 2 is 1.96 bits per heavy atom. The van der Waals surface area contributed by atoms with Gasteiger partial charge in [-0.25, -0.2) is 0 Å². The molecule has 136 valence electrons. The highest BCUT2D eigenvalue weighted by Crippen LogP contribution is 2.39. The monoisotopic (exact) mass is 373 g/mol. The zero-order valence-corrected chi connectivity index (χ0v) is 15.2. The molecular weight excluding hydrogens is 354 g/mol. The molecule has 2 aliphatic rings. The molecule has 0 unspecified atom stereocenters. The van der Waals surface area contributed by atoms with Crippen LogP contribution in [0.4, 0.5) is 0 Å². The van der Waals surface area contributed by atoms with E-state index in [1.807, 2.05) is 37.3 Å². The van der Waals surface area contributed by atoms with Crippen LogP contribution in [0.25, 0.3) is 0 Å². The highest BCUT2D eigenvalue weighted by atomic mass is 35.5. The second-order valence-corrected chi connectivity index (χ2v) is 7.31. The predicted octanol–water partition coefficient (Wildman–Crippen LogP) is 3.68. The summed E-state index contributed by atoms with van der Waals surface area (Å²) in [6, 6.07) is 11.7. The summed E-state index contributed by atoms with van der Waals surface area (Å²) in [6.45, 7) is 4.01. The second-order valence-electron chi connectivity index (χ2n) is 6.90. The van der Waals surface area contributed by atoms with E-state index in [1.165, 1.54) is 0 Å². The Balaban J connectivity index is 1.57. The first-order valence-electron chi connectivity index (χ1n) is 8.61. The van der Waals surface area contributed by atoms with E-state index in [-0.39, 0.29) is 12.7 Å². The highest BCUT2D eigenvalue weighted by molar-refractivity contribution is 6.31. The zero-order chi connectivity index (χ0) is 18.3. The molecule has 2 aromatic carbocycles. The fourth-order valence-corrected chi connectivity index (χ4v) is 4.12. The lowest BCUT2D eigenvalue weighted by atomic mass is 9.86. The molecular formula is C20H20ClNO4. The summed E-state index contributed by atoms with van der Waals surface area (Å²) in [4.78, 5) is 14.0. The molecule has 2 aliphatic heterocycles. The van der Waals surface area contributed by atoms with Crippen molar-refractivity contribution in [1.29, 1.82) is 0 Å². The van der Waals surface area contributed by atoms with E-state index in [2.05, 4.69) is 4.90 Å². The summed E-state index contributed by atoms with van der Waals surface area (Å²) >= 11 is 6.39. The quantitative estimate of drug-likeness (QED) is 0.886. The first kappa shape index (κ1) is 17.2. The fraction of sp³-hybridized carbons (Fsp3) is 0.350. The predicted molar refractivity (Wildman–Crippen MR) is 97.9 cm³/mol. The summed E-state index contributed by atoms with van der Waals surface area (Å²) in [7, 11) is 0. The molecule has 2 aromatic rings. The number of aliphatic carboxylic acids is 1. The van der Waals surface area contributed by atoms with Gasteiger partial charge >= 0.3 is 5.97 Å². The summed E-state index contributed by atoms with van der Waals surface area (Å²) in [5.41, 5.74) is 3.16. The molecule has 1 fully saturated rings. The van der Waals surface area contributed by atoms with Crippen LogP contribution in [0.5, 0.6) is 11.5 Å². The molecule has 0 spiro atoms. The average molecular weight is 374 g/mol. The van der Waals surface area contributed by atoms with Gasteiger partial charge in [-0.15, -0.1) is 0 Å². The molecule has 0 amide bonds. The summed E-state index contributed by atoms with van der Waals surface area (Å²) in [5.74, 6) is 0.137. The van der Waals surface area contributed by atoms with Crippen molar-refractivity contribution in [3.8, 4) is 11.5 Å². The lowest BCUT2D eigenvalue weighted by molar-refractivity contribution is -0.141. The van der Waals surface area contributed by atoms with E-state index >= 15 is 0 Å². The lowest BCUT2D eigenvalue weighted by Gasteiger charge is -2.18. The SMILES string of the molecule is Cc1ccccc1[C@@H]1CN(Cc2cc3c(cc2Cl)OCO3)C[C@H]1C(=O)O. The largest absolute Gasteiger partial charge is 0.481 e. The number of nitrogens with zero attached hydrogens (tertiary/aromatic N) is 1. The van der Waals surface area contributed by atoms with Crippen molar-refractivity contribution in [1.82, 2.24) is 4.90 Å². The molecule has 0 saturated carbocycles. The Labute approximate surface area is 157 Å². The fourth-order valence-electron chi connectivity index (χ4n) is 3.90. The van der Waals surface area contributed by atoms with Crippen LogP contribution < -0.4 is 9.47 Å². The van der Waals surface area contributed by atoms with Crippen molar-refractivity contribution < 1.29 is 19.4 Å². The maximum atomic E-state index is 11.8. The second kappa shape index (κ2) is 6.82. The first-order valence-corrected chi connectivity index (χ1v) is 8.99. The van der Waals surface area contributed by atoms with Crippen LogP contribution in [0.1, 0.15) is 22.6 Å². The van der Waals surface area contributed by atoms with Crippen molar-refractivity contribution in [3.05, 3.63) is 58.1 Å². The Hall–Kier alpha value is -2.24. The Morgan fingerprint density at radius 1 is 1.23 bits per heavy atom. The van der Waals surface area contributed by atoms with E-state index in [0.29, 0.717) is 36.2 Å². The molecule has 26 heavy (non-hydrogen) atoms. The Morgan fingerprint density at radius 3 is 2.69 bits per heavy atom. The average Bonchev–Trinajstić information content (AvgIpc) is 3.22. The first-order chi connectivity index (χ1) is 12.5. The molecule has 1 N–H and O–H groups in total. The van der Waals surface area contributed by atoms with Crippen molar-refractivity contribution in [2.45, 2.75) is 19.4 Å². The molecule has 6 heteroatoms. The number of carbonyl (C=O) groups is 1. The van der Waals surface area contributed by atoms with Gasteiger partial charge in [-0.3, -0.25) is 9.69 Å². The van der Waals surface area contributed by atoms with Gasteiger partial charge in [-0.1, -0.05) is 35.9 Å². The van der Waals surface area contributed by atoms with Crippen LogP contribution in [0, 0.1) is 12.8 Å². The molecule has 0 bridgehead atoms. The number of hydrogen-bond donors (Lipinski definition) is 1. The maximum Gasteiger partial charge on any atom is 0.308 e. The van der Waals surface area contributed by atoms with Crippen molar-refractivity contribution in [2.75, 3.05) is 19.9 Å². The highest BCUT2D eigenvalue weighted by Gasteiger charge is 2.39. The maximum absolute atomic E-state index is 11.8. The van der Waals surface area contributed by atoms with Gasteiger partial charge in [0.1, 0.15) is 0 Å². The van der Waals surface area contributed by atoms with E-state index in [0.717, 1.165) is 16.7 Å². The third-order valence-electron chi connectivity index (χ3n) is 5.24. The molecule has 4 rings (SSSR count). The molecule has 0 aliphatic carbocycles. The summed E-state index contributed by atoms with van der Waals surface area (Å²) < 4.78 is 10.8. The van der Waals surface area contributed by atoms with E-state index in [4.69, 9.17) is 21.1 Å². The van der Waals surface area contributed by atoms with Crippen molar-refractivity contribution in [2.24, 2.45) is 5.92 Å². The number of ether oxygens (including phenoxy) is 2. The van der Waals surface area contributed by atoms with E-state index < -0.39 is 11.9 Å². The van der Waals surface area contributed by atoms with Crippen molar-refractivity contribution >= 4 is 17.6 Å². The van der Waals surface area contributed by atoms with E-state index in [1.54, 1.807) is 6.07 Å². The number of halogens is 1. The smallest absolute Gasteiger partial charge is 0.308 e. The number of likely N-dealkylation sites (tertiary alicyclic amines) is 1. The minimum absolute atomic E-state index is 0.0264. The molecule has 1 saturated heterocycles. The number of carboxylic acid groups (broad SMARTS) is 1. The third-order valence-corrected chi connectivity index (χ3v) is 5.59. The Bertz CT molecular complexity index is 854. The minimum Gasteiger partial charge on any atom is -0.481 e. The van der Waals surface area contributed by atoms with Gasteiger partial charge in [0, 0.05) is 36.6 Å². The van der Waals surface area contributed by atoms with Gasteiger partial charge in [-0.05, 0) is 29.7 Å². The van der Waals surface area contributed by atoms with Crippen LogP contribution in [-0.4, -0.2) is 35.9 Å². The van der Waals surface area contributed by atoms with Gasteiger partial charge in [0.2, 0.25) is 6.79 Å². The number of hydrogen-bond acceptors (Lipinski definition) is 4. The number of rotatable bonds is 4. The molecule has 2 heterocycles. The number of carboxylic acids is 1. The third kappa shape index (κ3) is 3.13. The number of benzene rings is 2. The van der Waals surface area contributed by atoms with Gasteiger partial charge in [0.15, 0.2) is 11.5 Å². The van der Waals surface area contributed by atoms with E-state index in [9.17, 15) is 9.90 Å². The Kier molecular flexibility index (Phi) is 4.51. The molecule has 5 nitrogen and oxygen atoms in total. The topological polar surface area (TPSA) is 59.0 Å². The van der Waals surface area contributed by atoms with Crippen LogP contribution in [0.15, 0.2) is 36.4 Å². The zero-order valence-electron chi connectivity index (χ0n) is 14.4. The van der Waals surface area contributed by atoms with Crippen LogP contribution in [0.3, 0.4) is 0 Å². The minimum atomic E-state index is -0.752. The summed E-state index contributed by atoms with van der Waals surface area (Å²) in [5, 5.41) is 10.3. The molecule has 0 aromatic heterocycles. The van der Waals surface area contributed by atoms with Gasteiger partial charge < -0.3 is 14.6 Å². The molecule has 0 radical (unpaired) electrons. The standard InChI is InChI=1S/C20H20ClNO4/c1-12-4-2-3-5-14(12)15-9-22(10-16(15)20(23)24)8-13-6-18-19(7-17(13)21)26-11-25-18/h2-7,15-16H,8-11H2,1H3,(H,23,24)/t15-,16+/m0/s1. The normalized spacial score (nSPS) is 21.9. The van der Waals surface area contributed by atoms with Crippen LogP contribution in [0.2, 0.25) is 5.02 Å². The van der Waals surface area contributed by atoms with Crippen LogP contribution in [-0.2, 0) is 11.3 Å². The number of fused-ring (bicyclic) bond motifs is 1. The summed E-state index contributed by atoms with van der Waals surface area (Å²) in [6.07, 6.45) is 0.